The van der Waals surface area contributed by atoms with Gasteiger partial charge in [-0.15, -0.1) is 0 Å². The summed E-state index contributed by atoms with van der Waals surface area (Å²) in [7, 11) is 0. The SMILES string of the molecule is O=C(/C=C/c1c(F)cccc1Cl)N1CCN(c2cccc(C(F)(F)F)c2)CC1. The quantitative estimate of drug-likeness (QED) is 0.531. The van der Waals surface area contributed by atoms with Crippen molar-refractivity contribution >= 4 is 29.3 Å². The Bertz CT molecular complexity index is 870. The van der Waals surface area contributed by atoms with Crippen LogP contribution in [-0.4, -0.2) is 37.0 Å². The lowest BCUT2D eigenvalue weighted by molar-refractivity contribution is -0.137. The zero-order chi connectivity index (χ0) is 20.3. The van der Waals surface area contributed by atoms with Gasteiger partial charge >= 0.3 is 6.18 Å². The highest BCUT2D eigenvalue weighted by Crippen LogP contribution is 2.32. The molecule has 1 aliphatic heterocycles. The molecule has 1 saturated heterocycles. The van der Waals surface area contributed by atoms with Crippen LogP contribution >= 0.6 is 11.6 Å². The lowest BCUT2D eigenvalue weighted by Crippen LogP contribution is -2.48. The van der Waals surface area contributed by atoms with Crippen LogP contribution in [0.25, 0.3) is 6.08 Å². The number of amides is 1. The summed E-state index contributed by atoms with van der Waals surface area (Å²) in [6.45, 7) is 1.51. The van der Waals surface area contributed by atoms with Crippen molar-refractivity contribution in [2.75, 3.05) is 31.1 Å². The van der Waals surface area contributed by atoms with Gasteiger partial charge in [-0.2, -0.15) is 13.2 Å². The third kappa shape index (κ3) is 4.65. The average molecular weight is 413 g/mol. The van der Waals surface area contributed by atoms with Gasteiger partial charge in [0.1, 0.15) is 5.82 Å². The van der Waals surface area contributed by atoms with E-state index in [1.54, 1.807) is 15.9 Å². The molecule has 2 aromatic carbocycles. The van der Waals surface area contributed by atoms with Crippen LogP contribution in [0.1, 0.15) is 11.1 Å². The number of rotatable bonds is 3. The third-order valence-corrected chi connectivity index (χ3v) is 4.85. The smallest absolute Gasteiger partial charge is 0.368 e. The van der Waals surface area contributed by atoms with Crippen LogP contribution in [0.5, 0.6) is 0 Å². The maximum absolute atomic E-state index is 13.8. The number of carbonyl (C=O) groups is 1. The molecule has 0 unspecified atom stereocenters. The second-order valence-corrected chi connectivity index (χ2v) is 6.74. The van der Waals surface area contributed by atoms with E-state index < -0.39 is 17.6 Å². The Labute approximate surface area is 164 Å². The number of hydrogen-bond donors (Lipinski definition) is 0. The highest BCUT2D eigenvalue weighted by molar-refractivity contribution is 6.32. The molecule has 0 saturated carbocycles. The molecule has 8 heteroatoms. The van der Waals surface area contributed by atoms with E-state index in [4.69, 9.17) is 11.6 Å². The third-order valence-electron chi connectivity index (χ3n) is 4.52. The number of carbonyl (C=O) groups excluding carboxylic acids is 1. The van der Waals surface area contributed by atoms with Gasteiger partial charge in [0.05, 0.1) is 10.6 Å². The normalized spacial score (nSPS) is 15.3. The summed E-state index contributed by atoms with van der Waals surface area (Å²) in [6, 6.07) is 9.39. The minimum Gasteiger partial charge on any atom is -0.368 e. The predicted octanol–water partition coefficient (Wildman–Crippen LogP) is 4.86. The molecule has 0 bridgehead atoms. The van der Waals surface area contributed by atoms with Crippen LogP contribution < -0.4 is 4.90 Å². The molecule has 3 rings (SSSR count). The van der Waals surface area contributed by atoms with Gasteiger partial charge in [0, 0.05) is 43.5 Å². The van der Waals surface area contributed by atoms with E-state index in [-0.39, 0.29) is 16.5 Å². The van der Waals surface area contributed by atoms with Crippen LogP contribution in [0.4, 0.5) is 23.2 Å². The first kappa shape index (κ1) is 20.2. The lowest BCUT2D eigenvalue weighted by atomic mass is 10.1. The molecule has 3 nitrogen and oxygen atoms in total. The van der Waals surface area contributed by atoms with Crippen molar-refractivity contribution in [2.24, 2.45) is 0 Å². The Kier molecular flexibility index (Phi) is 5.93. The Morgan fingerprint density at radius 1 is 1.04 bits per heavy atom. The standard InChI is InChI=1S/C20H17ClF4N2O/c21-17-5-2-6-18(22)16(17)7-8-19(28)27-11-9-26(10-12-27)15-4-1-3-14(13-15)20(23,24)25/h1-8,13H,9-12H2/b8-7+. The molecular formula is C20H17ClF4N2O. The Morgan fingerprint density at radius 2 is 1.71 bits per heavy atom. The maximum Gasteiger partial charge on any atom is 0.416 e. The van der Waals surface area contributed by atoms with Gasteiger partial charge in [0.25, 0.3) is 0 Å². The first-order valence-electron chi connectivity index (χ1n) is 8.59. The van der Waals surface area contributed by atoms with Crippen molar-refractivity contribution in [1.29, 1.82) is 0 Å². The second-order valence-electron chi connectivity index (χ2n) is 6.33. The van der Waals surface area contributed by atoms with E-state index in [9.17, 15) is 22.4 Å². The number of nitrogens with zero attached hydrogens (tertiary/aromatic N) is 2. The molecule has 0 aliphatic carbocycles. The van der Waals surface area contributed by atoms with Gasteiger partial charge in [-0.25, -0.2) is 4.39 Å². The van der Waals surface area contributed by atoms with Crippen LogP contribution in [0.3, 0.4) is 0 Å². The zero-order valence-corrected chi connectivity index (χ0v) is 15.5. The second kappa shape index (κ2) is 8.22. The van der Waals surface area contributed by atoms with Crippen LogP contribution in [0.2, 0.25) is 5.02 Å². The molecule has 0 atom stereocenters. The van der Waals surface area contributed by atoms with E-state index in [1.807, 2.05) is 0 Å². The van der Waals surface area contributed by atoms with E-state index in [0.29, 0.717) is 31.9 Å². The summed E-state index contributed by atoms with van der Waals surface area (Å²) < 4.78 is 52.4. The number of piperazine rings is 1. The first-order valence-corrected chi connectivity index (χ1v) is 8.97. The van der Waals surface area contributed by atoms with Crippen LogP contribution in [0.15, 0.2) is 48.5 Å². The van der Waals surface area contributed by atoms with Crippen molar-refractivity contribution in [3.63, 3.8) is 0 Å². The zero-order valence-electron chi connectivity index (χ0n) is 14.7. The van der Waals surface area contributed by atoms with Crippen molar-refractivity contribution < 1.29 is 22.4 Å². The summed E-state index contributed by atoms with van der Waals surface area (Å²) in [4.78, 5) is 15.7. The number of anilines is 1. The van der Waals surface area contributed by atoms with Gasteiger partial charge < -0.3 is 9.80 Å². The first-order chi connectivity index (χ1) is 13.3. The van der Waals surface area contributed by atoms with Crippen molar-refractivity contribution in [3.05, 3.63) is 70.5 Å². The molecule has 1 aliphatic rings. The molecule has 1 amide bonds. The van der Waals surface area contributed by atoms with Gasteiger partial charge in [-0.05, 0) is 36.4 Å². The predicted molar refractivity (Wildman–Crippen MR) is 101 cm³/mol. The lowest BCUT2D eigenvalue weighted by Gasteiger charge is -2.36. The van der Waals surface area contributed by atoms with Crippen molar-refractivity contribution in [1.82, 2.24) is 4.90 Å². The summed E-state index contributed by atoms with van der Waals surface area (Å²) >= 11 is 5.93. The molecule has 1 fully saturated rings. The number of hydrogen-bond acceptors (Lipinski definition) is 2. The fourth-order valence-electron chi connectivity index (χ4n) is 2.99. The molecule has 148 valence electrons. The van der Waals surface area contributed by atoms with Gasteiger partial charge in [-0.1, -0.05) is 23.7 Å². The van der Waals surface area contributed by atoms with Gasteiger partial charge in [0.2, 0.25) is 5.91 Å². The summed E-state index contributed by atoms with van der Waals surface area (Å²) in [5.74, 6) is -0.825. The largest absolute Gasteiger partial charge is 0.416 e. The van der Waals surface area contributed by atoms with E-state index in [0.717, 1.165) is 12.1 Å². The van der Waals surface area contributed by atoms with Crippen molar-refractivity contribution in [2.45, 2.75) is 6.18 Å². The number of alkyl halides is 3. The summed E-state index contributed by atoms with van der Waals surface area (Å²) in [6.07, 6.45) is -1.81. The van der Waals surface area contributed by atoms with E-state index >= 15 is 0 Å². The fourth-order valence-corrected chi connectivity index (χ4v) is 3.22. The highest BCUT2D eigenvalue weighted by Gasteiger charge is 2.31. The molecule has 0 radical (unpaired) electrons. The average Bonchev–Trinajstić information content (AvgIpc) is 2.67. The molecule has 28 heavy (non-hydrogen) atoms. The summed E-state index contributed by atoms with van der Waals surface area (Å²) in [5.41, 5.74) is -0.0936. The molecule has 2 aromatic rings. The molecule has 0 spiro atoms. The highest BCUT2D eigenvalue weighted by atomic mass is 35.5. The number of benzene rings is 2. The molecule has 0 N–H and O–H groups in total. The summed E-state index contributed by atoms with van der Waals surface area (Å²) in [5, 5.41) is 0.207. The van der Waals surface area contributed by atoms with Crippen molar-refractivity contribution in [3.8, 4) is 0 Å². The fraction of sp³-hybridized carbons (Fsp3) is 0.250. The maximum atomic E-state index is 13.8. The molecule has 1 heterocycles. The minimum absolute atomic E-state index is 0.139. The topological polar surface area (TPSA) is 23.6 Å². The van der Waals surface area contributed by atoms with Crippen LogP contribution in [0, 0.1) is 5.82 Å². The van der Waals surface area contributed by atoms with Crippen LogP contribution in [-0.2, 0) is 11.0 Å². The minimum atomic E-state index is -4.40. The monoisotopic (exact) mass is 412 g/mol. The molecule has 0 aromatic heterocycles. The Balaban J connectivity index is 1.62. The van der Waals surface area contributed by atoms with Gasteiger partial charge in [0.15, 0.2) is 0 Å². The van der Waals surface area contributed by atoms with E-state index in [2.05, 4.69) is 0 Å². The molecular weight excluding hydrogens is 396 g/mol. The Morgan fingerprint density at radius 3 is 2.36 bits per heavy atom. The number of halogens is 5. The van der Waals surface area contributed by atoms with E-state index in [1.165, 1.54) is 36.4 Å². The van der Waals surface area contributed by atoms with Gasteiger partial charge in [-0.3, -0.25) is 4.79 Å². The Hall–Kier alpha value is -2.54.